The van der Waals surface area contributed by atoms with Crippen molar-refractivity contribution in [2.75, 3.05) is 0 Å². The molecule has 0 saturated heterocycles. The third kappa shape index (κ3) is 6.46. The van der Waals surface area contributed by atoms with Gasteiger partial charge in [-0.15, -0.1) is 0 Å². The van der Waals surface area contributed by atoms with Gasteiger partial charge < -0.3 is 9.66 Å². The van der Waals surface area contributed by atoms with E-state index in [9.17, 15) is 13.0 Å². The van der Waals surface area contributed by atoms with E-state index < -0.39 is 22.1 Å². The fraction of sp³-hybridized carbons (Fsp3) is 0.308. The Morgan fingerprint density at radius 1 is 1.35 bits per heavy atom. The number of hydrogen-bond donors (Lipinski definition) is 1. The van der Waals surface area contributed by atoms with Gasteiger partial charge in [0.1, 0.15) is 12.4 Å². The van der Waals surface area contributed by atoms with Gasteiger partial charge >= 0.3 is 0 Å². The second-order valence-electron chi connectivity index (χ2n) is 4.35. The molecule has 0 amide bonds. The van der Waals surface area contributed by atoms with Crippen molar-refractivity contribution in [3.05, 3.63) is 54.6 Å². The second kappa shape index (κ2) is 7.18. The van der Waals surface area contributed by atoms with Gasteiger partial charge in [-0.25, -0.2) is 17.6 Å². The Morgan fingerprint density at radius 2 is 1.95 bits per heavy atom. The van der Waals surface area contributed by atoms with E-state index in [0.717, 1.165) is 0 Å². The number of aromatic nitrogens is 2. The largest absolute Gasteiger partial charge is 0.748 e. The van der Waals surface area contributed by atoms with E-state index in [1.807, 2.05) is 30.3 Å². The van der Waals surface area contributed by atoms with Crippen LogP contribution in [0.2, 0.25) is 0 Å². The van der Waals surface area contributed by atoms with Crippen LogP contribution in [-0.4, -0.2) is 22.6 Å². The molecular weight excluding hydrogens is 280 g/mol. The summed E-state index contributed by atoms with van der Waals surface area (Å²) < 4.78 is 34.3. The molecule has 110 valence electrons. The van der Waals surface area contributed by atoms with Crippen LogP contribution < -0.4 is 4.57 Å². The first kappa shape index (κ1) is 16.4. The van der Waals surface area contributed by atoms with Crippen molar-refractivity contribution in [3.63, 3.8) is 0 Å². The number of aliphatic hydroxyl groups is 1. The minimum atomic E-state index is -4.13. The van der Waals surface area contributed by atoms with Crippen molar-refractivity contribution in [2.24, 2.45) is 7.05 Å². The lowest BCUT2D eigenvalue weighted by Gasteiger charge is -2.05. The van der Waals surface area contributed by atoms with Crippen molar-refractivity contribution in [1.82, 2.24) is 4.57 Å². The molecule has 1 aromatic carbocycles. The van der Waals surface area contributed by atoms with E-state index in [4.69, 9.17) is 5.11 Å². The van der Waals surface area contributed by atoms with Crippen LogP contribution in [0.15, 0.2) is 49.1 Å². The highest BCUT2D eigenvalue weighted by molar-refractivity contribution is 7.84. The number of hydrogen-bond acceptors (Lipinski definition) is 4. The Morgan fingerprint density at radius 3 is 2.30 bits per heavy atom. The molecule has 0 aliphatic carbocycles. The number of rotatable bonds is 3. The summed E-state index contributed by atoms with van der Waals surface area (Å²) in [5, 5.41) is 8.99. The summed E-state index contributed by atoms with van der Waals surface area (Å²) in [6, 6.07) is 8.37. The third-order valence-corrected chi connectivity index (χ3v) is 3.09. The Balaban J connectivity index is 0.000000204. The molecule has 0 saturated carbocycles. The molecule has 6 nitrogen and oxygen atoms in total. The molecule has 20 heavy (non-hydrogen) atoms. The molecule has 2 rings (SSSR count). The van der Waals surface area contributed by atoms with Gasteiger partial charge in [-0.2, -0.15) is 0 Å². The normalized spacial score (nSPS) is 12.4. The summed E-state index contributed by atoms with van der Waals surface area (Å²) in [7, 11) is -2.21. The van der Waals surface area contributed by atoms with Crippen LogP contribution >= 0.6 is 0 Å². The Bertz CT molecular complexity index is 621. The molecule has 0 radical (unpaired) electrons. The van der Waals surface area contributed by atoms with Crippen molar-refractivity contribution in [3.8, 4) is 0 Å². The topological polar surface area (TPSA) is 86.2 Å². The van der Waals surface area contributed by atoms with Gasteiger partial charge in [-0.1, -0.05) is 30.3 Å². The maximum absolute atomic E-state index is 10.2. The SMILES string of the molecule is CC(O)n1cc[n+](C)c1.O=S(=O)([O-])Cc1ccccc1. The monoisotopic (exact) mass is 298 g/mol. The predicted molar refractivity (Wildman–Crippen MR) is 72.4 cm³/mol. The lowest BCUT2D eigenvalue weighted by Crippen LogP contribution is -2.24. The lowest BCUT2D eigenvalue weighted by atomic mass is 10.2. The molecule has 0 spiro atoms. The molecule has 0 bridgehead atoms. The first-order valence-electron chi connectivity index (χ1n) is 5.96. The van der Waals surface area contributed by atoms with Gasteiger partial charge in [-0.3, -0.25) is 0 Å². The number of nitrogens with zero attached hydrogens (tertiary/aromatic N) is 2. The molecule has 1 N–H and O–H groups in total. The standard InChI is InChI=1S/C7H8O3S.C6H11N2O/c8-11(9,10)6-7-4-2-1-3-5-7;1-6(9)8-4-3-7(2)5-8/h1-5H,6H2,(H,8,9,10);3-6,9H,1-2H3/q;+1/p-1. The van der Waals surface area contributed by atoms with Crippen LogP contribution in [-0.2, 0) is 22.9 Å². The molecule has 0 aliphatic rings. The molecule has 7 heteroatoms. The highest BCUT2D eigenvalue weighted by Crippen LogP contribution is 2.02. The van der Waals surface area contributed by atoms with Gasteiger partial charge in [0, 0.05) is 6.92 Å². The van der Waals surface area contributed by atoms with Crippen LogP contribution in [0, 0.1) is 0 Å². The van der Waals surface area contributed by atoms with Crippen LogP contribution in [0.5, 0.6) is 0 Å². The average molecular weight is 298 g/mol. The van der Waals surface area contributed by atoms with Gasteiger partial charge in [0.05, 0.1) is 22.9 Å². The van der Waals surface area contributed by atoms with Crippen LogP contribution in [0.3, 0.4) is 0 Å². The molecule has 2 aromatic rings. The van der Waals surface area contributed by atoms with Crippen LogP contribution in [0.1, 0.15) is 18.7 Å². The molecule has 1 heterocycles. The molecular formula is C13H18N2O4S. The summed E-state index contributed by atoms with van der Waals surface area (Å²) >= 11 is 0. The van der Waals surface area contributed by atoms with Gasteiger partial charge in [-0.05, 0) is 5.56 Å². The van der Waals surface area contributed by atoms with Gasteiger partial charge in [0.15, 0.2) is 6.23 Å². The highest BCUT2D eigenvalue weighted by atomic mass is 32.2. The quantitative estimate of drug-likeness (QED) is 0.662. The van der Waals surface area contributed by atoms with E-state index in [-0.39, 0.29) is 0 Å². The molecule has 1 aromatic heterocycles. The number of aryl methyl sites for hydroxylation is 1. The van der Waals surface area contributed by atoms with Crippen molar-refractivity contribution in [1.29, 1.82) is 0 Å². The highest BCUT2D eigenvalue weighted by Gasteiger charge is 2.03. The van der Waals surface area contributed by atoms with Crippen LogP contribution in [0.4, 0.5) is 0 Å². The fourth-order valence-electron chi connectivity index (χ4n) is 1.47. The average Bonchev–Trinajstić information content (AvgIpc) is 2.76. The number of benzene rings is 1. The Kier molecular flexibility index (Phi) is 5.87. The van der Waals surface area contributed by atoms with Gasteiger partial charge in [0.25, 0.3) is 0 Å². The number of imidazole rings is 1. The Hall–Kier alpha value is -1.70. The zero-order valence-corrected chi connectivity index (χ0v) is 12.2. The Labute approximate surface area is 118 Å². The maximum atomic E-state index is 10.2. The van der Waals surface area contributed by atoms with Crippen molar-refractivity contribution < 1.29 is 22.6 Å². The van der Waals surface area contributed by atoms with E-state index in [2.05, 4.69) is 0 Å². The van der Waals surface area contributed by atoms with E-state index >= 15 is 0 Å². The van der Waals surface area contributed by atoms with E-state index in [1.54, 1.807) is 41.8 Å². The van der Waals surface area contributed by atoms with E-state index in [0.29, 0.717) is 5.56 Å². The zero-order chi connectivity index (χ0) is 15.2. The second-order valence-corrected chi connectivity index (χ2v) is 5.75. The van der Waals surface area contributed by atoms with Crippen molar-refractivity contribution in [2.45, 2.75) is 18.9 Å². The zero-order valence-electron chi connectivity index (χ0n) is 11.4. The van der Waals surface area contributed by atoms with Gasteiger partial charge in [0.2, 0.25) is 6.33 Å². The molecule has 0 fully saturated rings. The first-order chi connectivity index (χ1) is 9.28. The smallest absolute Gasteiger partial charge is 0.245 e. The van der Waals surface area contributed by atoms with E-state index in [1.165, 1.54) is 0 Å². The predicted octanol–water partition coefficient (Wildman–Crippen LogP) is 0.555. The summed E-state index contributed by atoms with van der Waals surface area (Å²) in [6.07, 6.45) is 5.10. The lowest BCUT2D eigenvalue weighted by molar-refractivity contribution is -0.671. The minimum Gasteiger partial charge on any atom is -0.748 e. The minimum absolute atomic E-state index is 0.423. The third-order valence-electron chi connectivity index (χ3n) is 2.41. The van der Waals surface area contributed by atoms with Crippen molar-refractivity contribution >= 4 is 10.1 Å². The number of aliphatic hydroxyl groups excluding tert-OH is 1. The van der Waals surface area contributed by atoms with Crippen LogP contribution in [0.25, 0.3) is 0 Å². The first-order valence-corrected chi connectivity index (χ1v) is 7.54. The molecule has 0 aliphatic heterocycles. The fourth-order valence-corrected chi connectivity index (χ4v) is 2.07. The molecule has 1 unspecified atom stereocenters. The molecule has 1 atom stereocenters. The maximum Gasteiger partial charge on any atom is 0.245 e. The summed E-state index contributed by atoms with van der Waals surface area (Å²) in [5.74, 6) is -0.423. The summed E-state index contributed by atoms with van der Waals surface area (Å²) in [6.45, 7) is 1.72. The summed E-state index contributed by atoms with van der Waals surface area (Å²) in [5.41, 5.74) is 0.530. The summed E-state index contributed by atoms with van der Waals surface area (Å²) in [4.78, 5) is 0.